The van der Waals surface area contributed by atoms with Crippen LogP contribution in [0.5, 0.6) is 0 Å². The summed E-state index contributed by atoms with van der Waals surface area (Å²) in [6, 6.07) is 0. The molecule has 0 saturated carbocycles. The van der Waals surface area contributed by atoms with E-state index in [4.69, 9.17) is 0 Å². The van der Waals surface area contributed by atoms with E-state index >= 15 is 0 Å². The van der Waals surface area contributed by atoms with Crippen LogP contribution in [0.2, 0.25) is 0 Å². The van der Waals surface area contributed by atoms with Crippen LogP contribution < -0.4 is 5.48 Å². The summed E-state index contributed by atoms with van der Waals surface area (Å²) in [4.78, 5) is 0. The average molecular weight is 116 g/mol. The summed E-state index contributed by atoms with van der Waals surface area (Å²) in [7, 11) is 0. The predicted octanol–water partition coefficient (Wildman–Crippen LogP) is 1.51. The van der Waals surface area contributed by atoms with Crippen molar-refractivity contribution in [3.63, 3.8) is 0 Å². The topological polar surface area (TPSA) is 35.1 Å². The highest BCUT2D eigenvalue weighted by Gasteiger charge is 2.15. The summed E-state index contributed by atoms with van der Waals surface area (Å²) in [6.07, 6.45) is 0. The zero-order valence-corrected chi connectivity index (χ0v) is 5.99. The highest BCUT2D eigenvalue weighted by Crippen LogP contribution is 2.13. The number of rotatable bonds is 2. The van der Waals surface area contributed by atoms with Gasteiger partial charge >= 0.3 is 0 Å². The van der Waals surface area contributed by atoms with Crippen molar-refractivity contribution in [2.24, 2.45) is 5.92 Å². The van der Waals surface area contributed by atoms with Crippen molar-refractivity contribution in [2.45, 2.75) is 33.2 Å². The van der Waals surface area contributed by atoms with Gasteiger partial charge in [0.2, 0.25) is 0 Å². The van der Waals surface area contributed by atoms with Crippen molar-refractivity contribution in [2.75, 3.05) is 0 Å². The number of hydroxylamine groups is 1. The second-order valence-electron chi connectivity index (χ2n) is 2.98. The molecule has 0 aliphatic carbocycles. The largest absolute Gasteiger partial charge is 0.787 e. The third kappa shape index (κ3) is 1.80. The summed E-state index contributed by atoms with van der Waals surface area (Å²) in [5, 5.41) is 10.1. The van der Waals surface area contributed by atoms with Gasteiger partial charge in [-0.3, -0.25) is 0 Å². The zero-order valence-electron chi connectivity index (χ0n) is 5.99. The molecule has 0 radical (unpaired) electrons. The van der Waals surface area contributed by atoms with Crippen molar-refractivity contribution < 1.29 is 0 Å². The molecule has 2 heteroatoms. The van der Waals surface area contributed by atoms with Gasteiger partial charge in [0.05, 0.1) is 0 Å². The Morgan fingerprint density at radius 3 is 1.75 bits per heavy atom. The first-order valence-electron chi connectivity index (χ1n) is 2.90. The van der Waals surface area contributed by atoms with Crippen LogP contribution in [0.4, 0.5) is 0 Å². The smallest absolute Gasteiger partial charge is 0.00316 e. The Morgan fingerprint density at radius 1 is 1.38 bits per heavy atom. The van der Waals surface area contributed by atoms with Gasteiger partial charge in [0.25, 0.3) is 0 Å². The molecule has 0 amide bonds. The van der Waals surface area contributed by atoms with E-state index in [1.54, 1.807) is 0 Å². The van der Waals surface area contributed by atoms with Gasteiger partial charge in [-0.1, -0.05) is 13.8 Å². The fourth-order valence-electron chi connectivity index (χ4n) is 0.118. The Kier molecular flexibility index (Phi) is 2.44. The standard InChI is InChI=1S/C6H14NO/c1-5(2)6(3,4)7-8/h5,7H,1-4H3/q-1. The van der Waals surface area contributed by atoms with E-state index in [0.717, 1.165) is 0 Å². The SMILES string of the molecule is CC(C)C(C)(C)N[O-]. The van der Waals surface area contributed by atoms with Gasteiger partial charge in [0.15, 0.2) is 0 Å². The molecule has 0 saturated heterocycles. The lowest BCUT2D eigenvalue weighted by Gasteiger charge is -2.34. The van der Waals surface area contributed by atoms with Crippen molar-refractivity contribution in [1.29, 1.82) is 0 Å². The van der Waals surface area contributed by atoms with E-state index in [9.17, 15) is 5.21 Å². The number of hydrogen-bond donors (Lipinski definition) is 1. The molecule has 0 atom stereocenters. The Hall–Kier alpha value is -0.0800. The first-order valence-corrected chi connectivity index (χ1v) is 2.90. The van der Waals surface area contributed by atoms with E-state index in [0.29, 0.717) is 5.92 Å². The van der Waals surface area contributed by atoms with Crippen LogP contribution in [-0.4, -0.2) is 5.54 Å². The maximum atomic E-state index is 10.1. The minimum atomic E-state index is -0.264. The Labute approximate surface area is 50.9 Å². The molecule has 0 aromatic carbocycles. The van der Waals surface area contributed by atoms with Gasteiger partial charge in [-0.25, -0.2) is 0 Å². The molecular weight excluding hydrogens is 102 g/mol. The normalized spacial score (nSPS) is 12.8. The van der Waals surface area contributed by atoms with Crippen molar-refractivity contribution >= 4 is 0 Å². The third-order valence-corrected chi connectivity index (χ3v) is 1.71. The molecule has 0 rings (SSSR count). The predicted molar refractivity (Wildman–Crippen MR) is 35.4 cm³/mol. The first kappa shape index (κ1) is 7.92. The highest BCUT2D eigenvalue weighted by atomic mass is 16.5. The van der Waals surface area contributed by atoms with E-state index < -0.39 is 0 Å². The molecule has 50 valence electrons. The van der Waals surface area contributed by atoms with Crippen molar-refractivity contribution in [3.05, 3.63) is 5.21 Å². The van der Waals surface area contributed by atoms with E-state index in [1.807, 2.05) is 33.2 Å². The lowest BCUT2D eigenvalue weighted by Crippen LogP contribution is -2.40. The maximum absolute atomic E-state index is 10.1. The van der Waals surface area contributed by atoms with Gasteiger partial charge < -0.3 is 10.7 Å². The Bertz CT molecular complexity index is 68.9. The lowest BCUT2D eigenvalue weighted by molar-refractivity contribution is 0.322. The lowest BCUT2D eigenvalue weighted by atomic mass is 9.92. The fraction of sp³-hybridized carbons (Fsp3) is 1.00. The summed E-state index contributed by atoms with van der Waals surface area (Å²) in [5.74, 6) is 0.389. The van der Waals surface area contributed by atoms with E-state index in [-0.39, 0.29) is 5.54 Å². The van der Waals surface area contributed by atoms with Gasteiger partial charge in [0.1, 0.15) is 0 Å². The fourth-order valence-corrected chi connectivity index (χ4v) is 0.118. The minimum Gasteiger partial charge on any atom is -0.787 e. The molecule has 0 fully saturated rings. The van der Waals surface area contributed by atoms with Crippen molar-refractivity contribution in [1.82, 2.24) is 5.48 Å². The molecule has 0 bridgehead atoms. The Morgan fingerprint density at radius 2 is 1.75 bits per heavy atom. The molecular formula is C6H14NO-. The second-order valence-corrected chi connectivity index (χ2v) is 2.98. The molecule has 2 nitrogen and oxygen atoms in total. The molecule has 0 aliphatic heterocycles. The summed E-state index contributed by atoms with van der Waals surface area (Å²) < 4.78 is 0. The van der Waals surface area contributed by atoms with Crippen LogP contribution in [-0.2, 0) is 0 Å². The van der Waals surface area contributed by atoms with E-state index in [1.165, 1.54) is 0 Å². The molecule has 0 unspecified atom stereocenters. The van der Waals surface area contributed by atoms with Gasteiger partial charge in [-0.2, -0.15) is 0 Å². The molecule has 1 N–H and O–H groups in total. The van der Waals surface area contributed by atoms with Crippen molar-refractivity contribution in [3.8, 4) is 0 Å². The number of hydrogen-bond acceptors (Lipinski definition) is 2. The molecule has 0 aromatic heterocycles. The Balaban J connectivity index is 3.71. The van der Waals surface area contributed by atoms with Gasteiger partial charge in [-0.05, 0) is 19.8 Å². The molecule has 0 heterocycles. The summed E-state index contributed by atoms with van der Waals surface area (Å²) in [5.41, 5.74) is 1.73. The van der Waals surface area contributed by atoms with Crippen LogP contribution in [0.1, 0.15) is 27.7 Å². The zero-order chi connectivity index (χ0) is 6.78. The molecule has 0 aromatic rings. The quantitative estimate of drug-likeness (QED) is 0.555. The average Bonchev–Trinajstić information content (AvgIpc) is 1.67. The van der Waals surface area contributed by atoms with Gasteiger partial charge in [-0.15, -0.1) is 0 Å². The van der Waals surface area contributed by atoms with Crippen LogP contribution in [0.3, 0.4) is 0 Å². The summed E-state index contributed by atoms with van der Waals surface area (Å²) in [6.45, 7) is 7.82. The van der Waals surface area contributed by atoms with Crippen LogP contribution in [0.25, 0.3) is 0 Å². The van der Waals surface area contributed by atoms with E-state index in [2.05, 4.69) is 0 Å². The molecule has 0 aliphatic rings. The van der Waals surface area contributed by atoms with Crippen LogP contribution >= 0.6 is 0 Å². The second kappa shape index (κ2) is 2.46. The van der Waals surface area contributed by atoms with Gasteiger partial charge in [0, 0.05) is 5.54 Å². The monoisotopic (exact) mass is 116 g/mol. The van der Waals surface area contributed by atoms with Crippen LogP contribution in [0.15, 0.2) is 0 Å². The molecule has 8 heavy (non-hydrogen) atoms. The maximum Gasteiger partial charge on any atom is 0.00316 e. The molecule has 0 spiro atoms. The highest BCUT2D eigenvalue weighted by molar-refractivity contribution is 4.80. The minimum absolute atomic E-state index is 0.264. The summed E-state index contributed by atoms with van der Waals surface area (Å²) >= 11 is 0. The first-order chi connectivity index (χ1) is 3.50. The van der Waals surface area contributed by atoms with Crippen LogP contribution in [0, 0.1) is 11.1 Å². The number of nitrogens with one attached hydrogen (secondary N) is 1. The third-order valence-electron chi connectivity index (χ3n) is 1.71.